The topological polar surface area (TPSA) is 94.5 Å². The third-order valence-corrected chi connectivity index (χ3v) is 2.00. The average Bonchev–Trinajstić information content (AvgIpc) is 2.67. The molecule has 6 nitrogen and oxygen atoms in total. The molecule has 0 aliphatic rings. The molecule has 0 fully saturated rings. The zero-order valence-corrected chi connectivity index (χ0v) is 9.45. The van der Waals surface area contributed by atoms with E-state index in [1.54, 1.807) is 6.92 Å². The van der Waals surface area contributed by atoms with Crippen LogP contribution < -0.4 is 5.32 Å². The minimum Gasteiger partial charge on any atom is -0.346 e. The quantitative estimate of drug-likeness (QED) is 0.768. The molecular formula is C10H15N5O. The number of rotatable bonds is 5. The standard InChI is InChI=1S/C10H15N5O/c1-3-4-8-13-9(15-14-8)10(16)12-7(2)5-6-11/h7H,3-5H2,1-2H3,(H,12,16)(H,13,14,15). The highest BCUT2D eigenvalue weighted by molar-refractivity contribution is 5.90. The van der Waals surface area contributed by atoms with Gasteiger partial charge >= 0.3 is 0 Å². The van der Waals surface area contributed by atoms with Crippen molar-refractivity contribution in [2.24, 2.45) is 0 Å². The molecule has 2 N–H and O–H groups in total. The second-order valence-corrected chi connectivity index (χ2v) is 3.59. The van der Waals surface area contributed by atoms with Gasteiger partial charge in [-0.25, -0.2) is 4.98 Å². The lowest BCUT2D eigenvalue weighted by atomic mass is 10.2. The second-order valence-electron chi connectivity index (χ2n) is 3.59. The summed E-state index contributed by atoms with van der Waals surface area (Å²) in [5.41, 5.74) is 0. The van der Waals surface area contributed by atoms with Crippen molar-refractivity contribution in [3.05, 3.63) is 11.6 Å². The van der Waals surface area contributed by atoms with Crippen LogP contribution in [0.2, 0.25) is 0 Å². The molecule has 0 radical (unpaired) electrons. The number of aromatic amines is 1. The molecule has 0 saturated heterocycles. The molecule has 0 aliphatic carbocycles. The maximum absolute atomic E-state index is 11.6. The first kappa shape index (κ1) is 12.2. The summed E-state index contributed by atoms with van der Waals surface area (Å²) in [7, 11) is 0. The van der Waals surface area contributed by atoms with Crippen LogP contribution >= 0.6 is 0 Å². The zero-order valence-electron chi connectivity index (χ0n) is 9.45. The molecule has 0 bridgehead atoms. The van der Waals surface area contributed by atoms with Crippen LogP contribution in [0.3, 0.4) is 0 Å². The van der Waals surface area contributed by atoms with Gasteiger partial charge in [0.2, 0.25) is 5.82 Å². The molecule has 0 aliphatic heterocycles. The fraction of sp³-hybridized carbons (Fsp3) is 0.600. The van der Waals surface area contributed by atoms with Crippen LogP contribution in [0.25, 0.3) is 0 Å². The van der Waals surface area contributed by atoms with E-state index in [2.05, 4.69) is 20.5 Å². The zero-order chi connectivity index (χ0) is 12.0. The van der Waals surface area contributed by atoms with Crippen LogP contribution in [-0.2, 0) is 6.42 Å². The Morgan fingerprint density at radius 1 is 1.69 bits per heavy atom. The number of nitriles is 1. The summed E-state index contributed by atoms with van der Waals surface area (Å²) < 4.78 is 0. The van der Waals surface area contributed by atoms with Crippen LogP contribution in [-0.4, -0.2) is 27.1 Å². The highest BCUT2D eigenvalue weighted by Crippen LogP contribution is 1.98. The Labute approximate surface area is 94.1 Å². The summed E-state index contributed by atoms with van der Waals surface area (Å²) >= 11 is 0. The Morgan fingerprint density at radius 2 is 2.44 bits per heavy atom. The SMILES string of the molecule is CCCc1nc(C(=O)NC(C)CC#N)n[nH]1. The summed E-state index contributed by atoms with van der Waals surface area (Å²) in [6.07, 6.45) is 1.99. The Morgan fingerprint density at radius 3 is 3.06 bits per heavy atom. The van der Waals surface area contributed by atoms with E-state index in [-0.39, 0.29) is 24.2 Å². The number of nitrogens with one attached hydrogen (secondary N) is 2. The molecule has 1 heterocycles. The van der Waals surface area contributed by atoms with E-state index < -0.39 is 0 Å². The van der Waals surface area contributed by atoms with Crippen LogP contribution in [0.4, 0.5) is 0 Å². The van der Waals surface area contributed by atoms with Gasteiger partial charge in [0, 0.05) is 12.5 Å². The van der Waals surface area contributed by atoms with Gasteiger partial charge in [-0.2, -0.15) is 5.26 Å². The summed E-state index contributed by atoms with van der Waals surface area (Å²) in [6.45, 7) is 3.79. The van der Waals surface area contributed by atoms with Gasteiger partial charge in [-0.05, 0) is 13.3 Å². The molecule has 1 unspecified atom stereocenters. The maximum atomic E-state index is 11.6. The molecule has 1 aromatic heterocycles. The van der Waals surface area contributed by atoms with Crippen molar-refractivity contribution in [2.45, 2.75) is 39.2 Å². The highest BCUT2D eigenvalue weighted by atomic mass is 16.2. The number of aryl methyl sites for hydroxylation is 1. The Bertz CT molecular complexity index is 392. The number of aromatic nitrogens is 3. The fourth-order valence-corrected chi connectivity index (χ4v) is 1.22. The molecule has 0 aromatic carbocycles. The molecular weight excluding hydrogens is 206 g/mol. The Kier molecular flexibility index (Phi) is 4.45. The molecule has 16 heavy (non-hydrogen) atoms. The molecule has 1 amide bonds. The van der Waals surface area contributed by atoms with Crippen LogP contribution in [0.5, 0.6) is 0 Å². The van der Waals surface area contributed by atoms with Gasteiger partial charge in [0.05, 0.1) is 12.5 Å². The van der Waals surface area contributed by atoms with Crippen molar-refractivity contribution >= 4 is 5.91 Å². The third kappa shape index (κ3) is 3.35. The van der Waals surface area contributed by atoms with Crippen molar-refractivity contribution in [3.63, 3.8) is 0 Å². The van der Waals surface area contributed by atoms with Crippen molar-refractivity contribution in [3.8, 4) is 6.07 Å². The van der Waals surface area contributed by atoms with Gasteiger partial charge in [0.15, 0.2) is 0 Å². The molecule has 0 saturated carbocycles. The van der Waals surface area contributed by atoms with Gasteiger partial charge in [-0.3, -0.25) is 9.89 Å². The summed E-state index contributed by atoms with van der Waals surface area (Å²) in [5.74, 6) is 0.496. The van der Waals surface area contributed by atoms with E-state index in [0.29, 0.717) is 5.82 Å². The monoisotopic (exact) mass is 221 g/mol. The molecule has 86 valence electrons. The van der Waals surface area contributed by atoms with Crippen molar-refractivity contribution in [2.75, 3.05) is 0 Å². The third-order valence-electron chi connectivity index (χ3n) is 2.00. The lowest BCUT2D eigenvalue weighted by molar-refractivity contribution is 0.0930. The molecule has 1 aromatic rings. The van der Waals surface area contributed by atoms with E-state index in [9.17, 15) is 4.79 Å². The normalized spacial score (nSPS) is 11.8. The number of carbonyl (C=O) groups excluding carboxylic acids is 1. The Balaban J connectivity index is 2.56. The van der Waals surface area contributed by atoms with E-state index in [4.69, 9.17) is 5.26 Å². The highest BCUT2D eigenvalue weighted by Gasteiger charge is 2.14. The number of H-pyrrole nitrogens is 1. The maximum Gasteiger partial charge on any atom is 0.291 e. The van der Waals surface area contributed by atoms with Crippen LogP contribution in [0.15, 0.2) is 0 Å². The lowest BCUT2D eigenvalue weighted by Crippen LogP contribution is -2.32. The number of hydrogen-bond donors (Lipinski definition) is 2. The summed E-state index contributed by atoms with van der Waals surface area (Å²) in [4.78, 5) is 15.6. The lowest BCUT2D eigenvalue weighted by Gasteiger charge is -2.07. The van der Waals surface area contributed by atoms with E-state index >= 15 is 0 Å². The predicted octanol–water partition coefficient (Wildman–Crippen LogP) is 0.789. The van der Waals surface area contributed by atoms with Gasteiger partial charge in [-0.1, -0.05) is 6.92 Å². The van der Waals surface area contributed by atoms with E-state index in [1.807, 2.05) is 13.0 Å². The number of carbonyl (C=O) groups is 1. The van der Waals surface area contributed by atoms with Crippen LogP contribution in [0, 0.1) is 11.3 Å². The molecule has 1 atom stereocenters. The van der Waals surface area contributed by atoms with Gasteiger partial charge in [0.1, 0.15) is 5.82 Å². The van der Waals surface area contributed by atoms with Gasteiger partial charge in [-0.15, -0.1) is 5.10 Å². The largest absolute Gasteiger partial charge is 0.346 e. The number of nitrogens with zero attached hydrogens (tertiary/aromatic N) is 3. The van der Waals surface area contributed by atoms with E-state index in [1.165, 1.54) is 0 Å². The number of hydrogen-bond acceptors (Lipinski definition) is 4. The van der Waals surface area contributed by atoms with Crippen LogP contribution in [0.1, 0.15) is 43.1 Å². The fourth-order valence-electron chi connectivity index (χ4n) is 1.22. The van der Waals surface area contributed by atoms with Crippen molar-refractivity contribution in [1.29, 1.82) is 5.26 Å². The molecule has 1 rings (SSSR count). The minimum atomic E-state index is -0.346. The second kappa shape index (κ2) is 5.85. The first-order chi connectivity index (χ1) is 7.67. The average molecular weight is 221 g/mol. The minimum absolute atomic E-state index is 0.133. The van der Waals surface area contributed by atoms with Gasteiger partial charge in [0.25, 0.3) is 5.91 Å². The smallest absolute Gasteiger partial charge is 0.291 e. The van der Waals surface area contributed by atoms with Gasteiger partial charge < -0.3 is 5.32 Å². The molecule has 6 heteroatoms. The first-order valence-electron chi connectivity index (χ1n) is 5.26. The Hall–Kier alpha value is -1.90. The number of amides is 1. The van der Waals surface area contributed by atoms with Crippen molar-refractivity contribution in [1.82, 2.24) is 20.5 Å². The summed E-state index contributed by atoms with van der Waals surface area (Å²) in [5, 5.41) is 17.6. The van der Waals surface area contributed by atoms with Crippen molar-refractivity contribution < 1.29 is 4.79 Å². The van der Waals surface area contributed by atoms with E-state index in [0.717, 1.165) is 12.8 Å². The predicted molar refractivity (Wildman–Crippen MR) is 57.5 cm³/mol. The first-order valence-corrected chi connectivity index (χ1v) is 5.26. The summed E-state index contributed by atoms with van der Waals surface area (Å²) in [6, 6.07) is 1.80. The molecule has 0 spiro atoms.